The molecule has 0 radical (unpaired) electrons. The number of piperidine rings is 2. The van der Waals surface area contributed by atoms with Crippen molar-refractivity contribution in [3.63, 3.8) is 0 Å². The van der Waals surface area contributed by atoms with Gasteiger partial charge in [0.25, 0.3) is 0 Å². The van der Waals surface area contributed by atoms with Crippen molar-refractivity contribution in [2.24, 2.45) is 5.41 Å². The van der Waals surface area contributed by atoms with Crippen molar-refractivity contribution < 1.29 is 14.7 Å². The third kappa shape index (κ3) is 5.80. The first kappa shape index (κ1) is 21.8. The Morgan fingerprint density at radius 1 is 1.17 bits per heavy atom. The molecule has 0 bridgehead atoms. The molecule has 1 aromatic carbocycles. The minimum absolute atomic E-state index is 0.120. The number of hydrogen-bond acceptors (Lipinski definition) is 4. The molecular formula is C23H35N3O3. The standard InChI is InChI=1S/C23H35N3O3/c1-19-4-6-20(7-5-19)16-24(2)17-22(29)25-13-10-23(11-14-25)9-8-21(28)26(18-23)12-3-15-27/h4-7,27H,3,8-18H2,1-2H3. The van der Waals surface area contributed by atoms with E-state index in [2.05, 4.69) is 36.1 Å². The van der Waals surface area contributed by atoms with E-state index in [1.54, 1.807) is 0 Å². The first-order valence-corrected chi connectivity index (χ1v) is 10.8. The molecule has 160 valence electrons. The van der Waals surface area contributed by atoms with E-state index >= 15 is 0 Å². The molecule has 0 atom stereocenters. The zero-order valence-corrected chi connectivity index (χ0v) is 17.9. The van der Waals surface area contributed by atoms with Crippen LogP contribution in [0.5, 0.6) is 0 Å². The molecule has 2 heterocycles. The number of hydrogen-bond donors (Lipinski definition) is 1. The number of carbonyl (C=O) groups excluding carboxylic acids is 2. The van der Waals surface area contributed by atoms with Crippen molar-refractivity contribution >= 4 is 11.8 Å². The highest BCUT2D eigenvalue weighted by Gasteiger charge is 2.41. The topological polar surface area (TPSA) is 64.1 Å². The molecule has 6 nitrogen and oxygen atoms in total. The molecule has 1 spiro atoms. The Morgan fingerprint density at radius 2 is 1.86 bits per heavy atom. The van der Waals surface area contributed by atoms with Crippen LogP contribution in [0.4, 0.5) is 0 Å². The number of aliphatic hydroxyl groups is 1. The highest BCUT2D eigenvalue weighted by Crippen LogP contribution is 2.40. The van der Waals surface area contributed by atoms with Crippen LogP contribution in [-0.4, -0.2) is 78.0 Å². The van der Waals surface area contributed by atoms with Crippen molar-refractivity contribution in [3.8, 4) is 0 Å². The Bertz CT molecular complexity index is 696. The SMILES string of the molecule is Cc1ccc(CN(C)CC(=O)N2CCC3(CCC(=O)N(CCCO)C3)CC2)cc1. The normalized spacial score (nSPS) is 19.2. The number of aliphatic hydroxyl groups excluding tert-OH is 1. The average Bonchev–Trinajstić information content (AvgIpc) is 2.71. The van der Waals surface area contributed by atoms with Crippen LogP contribution in [0.1, 0.15) is 43.2 Å². The summed E-state index contributed by atoms with van der Waals surface area (Å²) in [6.45, 7) is 6.38. The van der Waals surface area contributed by atoms with Gasteiger partial charge < -0.3 is 14.9 Å². The van der Waals surface area contributed by atoms with E-state index in [9.17, 15) is 9.59 Å². The van der Waals surface area contributed by atoms with Gasteiger partial charge in [0.15, 0.2) is 0 Å². The number of aryl methyl sites for hydroxylation is 1. The fourth-order valence-corrected chi connectivity index (χ4v) is 4.60. The van der Waals surface area contributed by atoms with Gasteiger partial charge in [-0.25, -0.2) is 0 Å². The molecule has 2 saturated heterocycles. The maximum absolute atomic E-state index is 12.8. The maximum atomic E-state index is 12.8. The molecular weight excluding hydrogens is 366 g/mol. The lowest BCUT2D eigenvalue weighted by Gasteiger charge is -2.47. The molecule has 2 amide bonds. The van der Waals surface area contributed by atoms with E-state index in [0.717, 1.165) is 45.4 Å². The van der Waals surface area contributed by atoms with Gasteiger partial charge in [-0.15, -0.1) is 0 Å². The quantitative estimate of drug-likeness (QED) is 0.759. The number of nitrogens with zero attached hydrogens (tertiary/aromatic N) is 3. The fraction of sp³-hybridized carbons (Fsp3) is 0.652. The van der Waals surface area contributed by atoms with Gasteiger partial charge in [-0.05, 0) is 50.6 Å². The smallest absolute Gasteiger partial charge is 0.236 e. The molecule has 6 heteroatoms. The molecule has 0 aromatic heterocycles. The molecule has 29 heavy (non-hydrogen) atoms. The minimum Gasteiger partial charge on any atom is -0.396 e. The molecule has 1 N–H and O–H groups in total. The van der Waals surface area contributed by atoms with Gasteiger partial charge in [0.2, 0.25) is 11.8 Å². The Kier molecular flexibility index (Phi) is 7.30. The summed E-state index contributed by atoms with van der Waals surface area (Å²) in [5, 5.41) is 9.07. The van der Waals surface area contributed by atoms with Gasteiger partial charge in [0.05, 0.1) is 6.54 Å². The summed E-state index contributed by atoms with van der Waals surface area (Å²) in [4.78, 5) is 30.9. The number of likely N-dealkylation sites (tertiary alicyclic amines) is 2. The number of carbonyl (C=O) groups is 2. The van der Waals surface area contributed by atoms with Gasteiger partial charge in [-0.1, -0.05) is 29.8 Å². The van der Waals surface area contributed by atoms with Crippen molar-refractivity contribution in [3.05, 3.63) is 35.4 Å². The average molecular weight is 402 g/mol. The maximum Gasteiger partial charge on any atom is 0.236 e. The van der Waals surface area contributed by atoms with Crippen LogP contribution in [0.3, 0.4) is 0 Å². The largest absolute Gasteiger partial charge is 0.396 e. The summed E-state index contributed by atoms with van der Waals surface area (Å²) >= 11 is 0. The zero-order chi connectivity index (χ0) is 20.9. The Morgan fingerprint density at radius 3 is 2.52 bits per heavy atom. The van der Waals surface area contributed by atoms with Gasteiger partial charge in [0, 0.05) is 45.8 Å². The predicted molar refractivity (Wildman–Crippen MR) is 113 cm³/mol. The van der Waals surface area contributed by atoms with Gasteiger partial charge in [0.1, 0.15) is 0 Å². The molecule has 0 unspecified atom stereocenters. The molecule has 2 aliphatic heterocycles. The van der Waals surface area contributed by atoms with E-state index in [0.29, 0.717) is 25.9 Å². The summed E-state index contributed by atoms with van der Waals surface area (Å²) in [6, 6.07) is 8.45. The van der Waals surface area contributed by atoms with Gasteiger partial charge >= 0.3 is 0 Å². The second-order valence-corrected chi connectivity index (χ2v) is 8.93. The summed E-state index contributed by atoms with van der Waals surface area (Å²) < 4.78 is 0. The summed E-state index contributed by atoms with van der Waals surface area (Å²) in [5.41, 5.74) is 2.61. The van der Waals surface area contributed by atoms with Crippen LogP contribution in [-0.2, 0) is 16.1 Å². The highest BCUT2D eigenvalue weighted by molar-refractivity contribution is 5.78. The van der Waals surface area contributed by atoms with Crippen LogP contribution in [0.15, 0.2) is 24.3 Å². The Labute approximate surface area is 174 Å². The lowest BCUT2D eigenvalue weighted by atomic mass is 9.72. The second-order valence-electron chi connectivity index (χ2n) is 8.93. The van der Waals surface area contributed by atoms with Crippen LogP contribution in [0, 0.1) is 12.3 Å². The molecule has 0 aliphatic carbocycles. The van der Waals surface area contributed by atoms with E-state index in [1.165, 1.54) is 11.1 Å². The minimum atomic E-state index is 0.120. The van der Waals surface area contributed by atoms with Crippen LogP contribution >= 0.6 is 0 Å². The lowest BCUT2D eigenvalue weighted by molar-refractivity contribution is -0.143. The number of rotatable bonds is 7. The zero-order valence-electron chi connectivity index (χ0n) is 17.9. The van der Waals surface area contributed by atoms with Gasteiger partial charge in [-0.2, -0.15) is 0 Å². The third-order valence-corrected chi connectivity index (χ3v) is 6.49. The van der Waals surface area contributed by atoms with Crippen molar-refractivity contribution in [1.29, 1.82) is 0 Å². The fourth-order valence-electron chi connectivity index (χ4n) is 4.60. The first-order valence-electron chi connectivity index (χ1n) is 10.8. The highest BCUT2D eigenvalue weighted by atomic mass is 16.3. The summed E-state index contributed by atoms with van der Waals surface area (Å²) in [5.74, 6) is 0.402. The molecule has 2 fully saturated rings. The Hall–Kier alpha value is -1.92. The van der Waals surface area contributed by atoms with E-state index in [1.807, 2.05) is 16.8 Å². The number of likely N-dealkylation sites (N-methyl/N-ethyl adjacent to an activating group) is 1. The molecule has 1 aromatic rings. The summed E-state index contributed by atoms with van der Waals surface area (Å²) in [7, 11) is 2.00. The van der Waals surface area contributed by atoms with Crippen molar-refractivity contribution in [2.45, 2.75) is 45.6 Å². The van der Waals surface area contributed by atoms with Crippen molar-refractivity contribution in [1.82, 2.24) is 14.7 Å². The van der Waals surface area contributed by atoms with Crippen molar-refractivity contribution in [2.75, 3.05) is 46.4 Å². The second kappa shape index (κ2) is 9.72. The van der Waals surface area contributed by atoms with E-state index in [-0.39, 0.29) is 23.8 Å². The number of benzene rings is 1. The van der Waals surface area contributed by atoms with Crippen LogP contribution < -0.4 is 0 Å². The van der Waals surface area contributed by atoms with Gasteiger partial charge in [-0.3, -0.25) is 14.5 Å². The third-order valence-electron chi connectivity index (χ3n) is 6.49. The van der Waals surface area contributed by atoms with Crippen LogP contribution in [0.25, 0.3) is 0 Å². The van der Waals surface area contributed by atoms with E-state index < -0.39 is 0 Å². The molecule has 2 aliphatic rings. The predicted octanol–water partition coefficient (Wildman–Crippen LogP) is 2.04. The first-order chi connectivity index (χ1) is 13.9. The molecule has 0 saturated carbocycles. The van der Waals surface area contributed by atoms with Crippen LogP contribution in [0.2, 0.25) is 0 Å². The lowest BCUT2D eigenvalue weighted by Crippen LogP contribution is -2.53. The summed E-state index contributed by atoms with van der Waals surface area (Å²) in [6.07, 6.45) is 4.09. The van der Waals surface area contributed by atoms with E-state index in [4.69, 9.17) is 5.11 Å². The Balaban J connectivity index is 1.47. The number of amides is 2. The molecule has 3 rings (SSSR count). The monoisotopic (exact) mass is 401 g/mol.